The molecule has 0 saturated heterocycles. The van der Waals surface area contributed by atoms with Crippen molar-refractivity contribution in [1.29, 1.82) is 5.26 Å². The number of pyridine rings is 1. The van der Waals surface area contributed by atoms with Crippen LogP contribution in [0.25, 0.3) is 0 Å². The van der Waals surface area contributed by atoms with Crippen LogP contribution in [0.15, 0.2) is 38.0 Å². The molecule has 0 fully saturated rings. The molecule has 0 saturated carbocycles. The van der Waals surface area contributed by atoms with E-state index in [9.17, 15) is 9.59 Å². The average molecular weight is 261 g/mol. The summed E-state index contributed by atoms with van der Waals surface area (Å²) >= 11 is 1.16. The molecule has 2 aromatic heterocycles. The first-order chi connectivity index (χ1) is 8.60. The molecule has 0 aliphatic rings. The van der Waals surface area contributed by atoms with Gasteiger partial charge in [-0.3, -0.25) is 19.4 Å². The molecule has 90 valence electrons. The highest BCUT2D eigenvalue weighted by Gasteiger charge is 2.06. The Labute approximate surface area is 105 Å². The summed E-state index contributed by atoms with van der Waals surface area (Å²) < 4.78 is 1.35. The van der Waals surface area contributed by atoms with Gasteiger partial charge in [0, 0.05) is 18.1 Å². The van der Waals surface area contributed by atoms with Crippen molar-refractivity contribution in [1.82, 2.24) is 19.7 Å². The highest BCUT2D eigenvalue weighted by molar-refractivity contribution is 7.99. The number of aromatic nitrogens is 4. The minimum atomic E-state index is -0.842. The van der Waals surface area contributed by atoms with Crippen LogP contribution in [0.1, 0.15) is 5.69 Å². The second-order valence-corrected chi connectivity index (χ2v) is 4.33. The fraction of sp³-hybridized carbons (Fsp3) is 0.100. The largest absolute Gasteiger partial charge is 0.339 e. The number of aromatic amines is 1. The molecule has 2 rings (SSSR count). The lowest BCUT2D eigenvalue weighted by Crippen LogP contribution is -2.33. The van der Waals surface area contributed by atoms with Crippen molar-refractivity contribution < 1.29 is 0 Å². The average Bonchev–Trinajstić information content (AvgIpc) is 2.36. The number of hydrogen-bond donors (Lipinski definition) is 1. The molecule has 0 spiro atoms. The number of nitrogens with zero attached hydrogens (tertiary/aromatic N) is 4. The fourth-order valence-corrected chi connectivity index (χ4v) is 2.01. The Morgan fingerprint density at radius 1 is 1.50 bits per heavy atom. The molecule has 2 heterocycles. The van der Waals surface area contributed by atoms with E-state index in [1.165, 1.54) is 10.9 Å². The van der Waals surface area contributed by atoms with Gasteiger partial charge in [0.1, 0.15) is 11.8 Å². The van der Waals surface area contributed by atoms with Gasteiger partial charge in [0.15, 0.2) is 5.16 Å². The predicted octanol–water partition coefficient (Wildman–Crippen LogP) is -0.114. The second-order valence-electron chi connectivity index (χ2n) is 3.29. The maximum atomic E-state index is 11.2. The predicted molar refractivity (Wildman–Crippen MR) is 63.2 cm³/mol. The van der Waals surface area contributed by atoms with Gasteiger partial charge in [-0.05, 0) is 23.9 Å². The third-order valence-corrected chi connectivity index (χ3v) is 3.04. The van der Waals surface area contributed by atoms with Gasteiger partial charge in [0.05, 0.1) is 0 Å². The van der Waals surface area contributed by atoms with Gasteiger partial charge >= 0.3 is 11.1 Å². The SMILES string of the molecule is Cn1[nH]c(=O)c(=O)nc1Sc1ccnc(C#N)c1. The van der Waals surface area contributed by atoms with Crippen molar-refractivity contribution in [2.75, 3.05) is 0 Å². The molecule has 0 radical (unpaired) electrons. The van der Waals surface area contributed by atoms with Crippen LogP contribution in [0.2, 0.25) is 0 Å². The molecule has 0 aromatic carbocycles. The highest BCUT2D eigenvalue weighted by Crippen LogP contribution is 2.23. The first-order valence-corrected chi connectivity index (χ1v) is 5.63. The molecule has 8 heteroatoms. The van der Waals surface area contributed by atoms with E-state index in [1.807, 2.05) is 6.07 Å². The summed E-state index contributed by atoms with van der Waals surface area (Å²) in [6, 6.07) is 5.17. The van der Waals surface area contributed by atoms with Crippen LogP contribution in [0.4, 0.5) is 0 Å². The number of nitriles is 1. The van der Waals surface area contributed by atoms with E-state index < -0.39 is 11.1 Å². The molecule has 0 unspecified atom stereocenters. The quantitative estimate of drug-likeness (QED) is 0.756. The zero-order chi connectivity index (χ0) is 13.1. The van der Waals surface area contributed by atoms with E-state index in [0.717, 1.165) is 11.8 Å². The van der Waals surface area contributed by atoms with Crippen LogP contribution in [0.5, 0.6) is 0 Å². The number of rotatable bonds is 2. The van der Waals surface area contributed by atoms with Gasteiger partial charge in [0.2, 0.25) is 0 Å². The fourth-order valence-electron chi connectivity index (χ4n) is 1.19. The highest BCUT2D eigenvalue weighted by atomic mass is 32.2. The van der Waals surface area contributed by atoms with Gasteiger partial charge in [0.25, 0.3) is 0 Å². The number of nitrogens with one attached hydrogen (secondary N) is 1. The first-order valence-electron chi connectivity index (χ1n) is 4.81. The zero-order valence-electron chi connectivity index (χ0n) is 9.25. The van der Waals surface area contributed by atoms with Crippen LogP contribution in [0, 0.1) is 11.3 Å². The Balaban J connectivity index is 2.40. The number of hydrogen-bond acceptors (Lipinski definition) is 6. The van der Waals surface area contributed by atoms with Gasteiger partial charge in [-0.25, -0.2) is 4.98 Å². The van der Waals surface area contributed by atoms with E-state index in [4.69, 9.17) is 5.26 Å². The van der Waals surface area contributed by atoms with Crippen LogP contribution >= 0.6 is 11.8 Å². The molecule has 0 amide bonds. The van der Waals surface area contributed by atoms with Gasteiger partial charge in [-0.1, -0.05) is 0 Å². The van der Waals surface area contributed by atoms with Crippen molar-refractivity contribution in [3.63, 3.8) is 0 Å². The monoisotopic (exact) mass is 261 g/mol. The van der Waals surface area contributed by atoms with Gasteiger partial charge < -0.3 is 0 Å². The Hall–Kier alpha value is -2.40. The molecule has 0 atom stereocenters. The molecular weight excluding hydrogens is 254 g/mol. The smallest absolute Gasteiger partial charge is 0.265 e. The van der Waals surface area contributed by atoms with Crippen molar-refractivity contribution in [2.45, 2.75) is 10.1 Å². The van der Waals surface area contributed by atoms with Crippen LogP contribution in [-0.2, 0) is 7.05 Å². The summed E-state index contributed by atoms with van der Waals surface area (Å²) in [6.07, 6.45) is 1.49. The van der Waals surface area contributed by atoms with E-state index in [2.05, 4.69) is 15.1 Å². The molecule has 1 N–H and O–H groups in total. The zero-order valence-corrected chi connectivity index (χ0v) is 10.1. The molecule has 0 aliphatic carbocycles. The molecule has 2 aromatic rings. The Bertz CT molecular complexity index is 743. The van der Waals surface area contributed by atoms with E-state index >= 15 is 0 Å². The molecule has 18 heavy (non-hydrogen) atoms. The van der Waals surface area contributed by atoms with E-state index in [-0.39, 0.29) is 5.69 Å². The third-order valence-electron chi connectivity index (χ3n) is 2.00. The van der Waals surface area contributed by atoms with Gasteiger partial charge in [-0.2, -0.15) is 10.2 Å². The van der Waals surface area contributed by atoms with Crippen LogP contribution in [0.3, 0.4) is 0 Å². The maximum Gasteiger partial charge on any atom is 0.339 e. The van der Waals surface area contributed by atoms with Crippen molar-refractivity contribution in [2.24, 2.45) is 7.05 Å². The normalized spacial score (nSPS) is 10.0. The second kappa shape index (κ2) is 4.85. The lowest BCUT2D eigenvalue weighted by molar-refractivity contribution is 0.596. The summed E-state index contributed by atoms with van der Waals surface area (Å²) in [5.74, 6) is 0. The van der Waals surface area contributed by atoms with Crippen LogP contribution in [-0.4, -0.2) is 19.7 Å². The van der Waals surface area contributed by atoms with E-state index in [1.54, 1.807) is 19.2 Å². The maximum absolute atomic E-state index is 11.2. The van der Waals surface area contributed by atoms with Crippen molar-refractivity contribution >= 4 is 11.8 Å². The van der Waals surface area contributed by atoms with Crippen molar-refractivity contribution in [3.05, 3.63) is 44.7 Å². The standard InChI is InChI=1S/C10H7N5O2S/c1-15-10(13-8(16)9(17)14-15)18-7-2-3-12-6(4-7)5-11/h2-4H,1H3,(H,14,17). The van der Waals surface area contributed by atoms with Crippen molar-refractivity contribution in [3.8, 4) is 6.07 Å². The lowest BCUT2D eigenvalue weighted by atomic mass is 10.4. The summed E-state index contributed by atoms with van der Waals surface area (Å²) in [5, 5.41) is 11.4. The number of H-pyrrole nitrogens is 1. The summed E-state index contributed by atoms with van der Waals surface area (Å²) in [5.41, 5.74) is -1.34. The summed E-state index contributed by atoms with van der Waals surface area (Å²) in [6.45, 7) is 0. The summed E-state index contributed by atoms with van der Waals surface area (Å²) in [4.78, 5) is 30.4. The Kier molecular flexibility index (Phi) is 3.25. The molecular formula is C10H7N5O2S. The summed E-state index contributed by atoms with van der Waals surface area (Å²) in [7, 11) is 1.57. The minimum absolute atomic E-state index is 0.273. The first kappa shape index (κ1) is 12.1. The number of aryl methyl sites for hydroxylation is 1. The topological polar surface area (TPSA) is 104 Å². The molecule has 0 aliphatic heterocycles. The Morgan fingerprint density at radius 3 is 3.00 bits per heavy atom. The third kappa shape index (κ3) is 2.46. The minimum Gasteiger partial charge on any atom is -0.265 e. The Morgan fingerprint density at radius 2 is 2.28 bits per heavy atom. The lowest BCUT2D eigenvalue weighted by Gasteiger charge is -2.05. The van der Waals surface area contributed by atoms with E-state index in [0.29, 0.717) is 10.1 Å². The molecule has 0 bridgehead atoms. The van der Waals surface area contributed by atoms with Gasteiger partial charge in [-0.15, -0.1) is 0 Å². The van der Waals surface area contributed by atoms with Crippen LogP contribution < -0.4 is 11.1 Å². The molecule has 7 nitrogen and oxygen atoms in total.